The molecule has 104 valence electrons. The molecule has 1 unspecified atom stereocenters. The number of nitrogens with one attached hydrogen (secondary N) is 1. The third-order valence-corrected chi connectivity index (χ3v) is 4.73. The van der Waals surface area contributed by atoms with Crippen LogP contribution in [0.15, 0.2) is 24.3 Å². The maximum Gasteiger partial charge on any atom is 0.0296 e. The van der Waals surface area contributed by atoms with Gasteiger partial charge in [0.1, 0.15) is 0 Å². The Morgan fingerprint density at radius 3 is 2.42 bits per heavy atom. The van der Waals surface area contributed by atoms with Crippen molar-refractivity contribution in [3.05, 3.63) is 35.4 Å². The van der Waals surface area contributed by atoms with Crippen LogP contribution >= 0.6 is 0 Å². The minimum Gasteiger partial charge on any atom is -0.307 e. The van der Waals surface area contributed by atoms with Crippen LogP contribution in [-0.4, -0.2) is 30.1 Å². The van der Waals surface area contributed by atoms with Gasteiger partial charge in [0.15, 0.2) is 0 Å². The Labute approximate surface area is 117 Å². The lowest BCUT2D eigenvalue weighted by Crippen LogP contribution is -2.44. The van der Waals surface area contributed by atoms with E-state index in [-0.39, 0.29) is 0 Å². The molecule has 1 atom stereocenters. The molecular formula is C17H26N2. The van der Waals surface area contributed by atoms with Gasteiger partial charge in [0.2, 0.25) is 0 Å². The minimum absolute atomic E-state index is 0.471. The van der Waals surface area contributed by atoms with Crippen molar-refractivity contribution < 1.29 is 0 Å². The zero-order chi connectivity index (χ0) is 13.2. The molecule has 1 heterocycles. The van der Waals surface area contributed by atoms with Gasteiger partial charge in [0.05, 0.1) is 0 Å². The monoisotopic (exact) mass is 258 g/mol. The zero-order valence-electron chi connectivity index (χ0n) is 12.2. The van der Waals surface area contributed by atoms with Crippen LogP contribution in [0.4, 0.5) is 0 Å². The van der Waals surface area contributed by atoms with Crippen LogP contribution < -0.4 is 5.32 Å². The number of piperidine rings is 1. The number of hydrogen-bond acceptors (Lipinski definition) is 2. The molecule has 3 rings (SSSR count). The maximum absolute atomic E-state index is 3.83. The molecule has 0 amide bonds. The average Bonchev–Trinajstić information content (AvgIpc) is 3.24. The summed E-state index contributed by atoms with van der Waals surface area (Å²) >= 11 is 0. The summed E-state index contributed by atoms with van der Waals surface area (Å²) in [7, 11) is 0. The molecule has 2 nitrogen and oxygen atoms in total. The summed E-state index contributed by atoms with van der Waals surface area (Å²) in [6, 6.07) is 10.9. The van der Waals surface area contributed by atoms with E-state index in [1.165, 1.54) is 49.9 Å². The second-order valence-corrected chi connectivity index (χ2v) is 6.29. The molecule has 2 heteroatoms. The lowest BCUT2D eigenvalue weighted by atomic mass is 9.99. The molecule has 0 radical (unpaired) electrons. The fourth-order valence-corrected chi connectivity index (χ4v) is 3.39. The topological polar surface area (TPSA) is 15.3 Å². The number of hydrogen-bond donors (Lipinski definition) is 1. The van der Waals surface area contributed by atoms with Crippen molar-refractivity contribution in [2.45, 2.75) is 57.7 Å². The molecule has 19 heavy (non-hydrogen) atoms. The molecule has 1 aromatic rings. The lowest BCUT2D eigenvalue weighted by molar-refractivity contribution is 0.184. The Morgan fingerprint density at radius 1 is 1.11 bits per heavy atom. The second kappa shape index (κ2) is 5.64. The van der Waals surface area contributed by atoms with E-state index in [9.17, 15) is 0 Å². The fourth-order valence-electron chi connectivity index (χ4n) is 3.39. The average molecular weight is 258 g/mol. The molecule has 1 saturated heterocycles. The van der Waals surface area contributed by atoms with Gasteiger partial charge in [-0.3, -0.25) is 0 Å². The maximum atomic E-state index is 3.83. The van der Waals surface area contributed by atoms with Crippen LogP contribution in [0.25, 0.3) is 0 Å². The van der Waals surface area contributed by atoms with E-state index in [0.717, 1.165) is 6.04 Å². The van der Waals surface area contributed by atoms with Gasteiger partial charge in [0.25, 0.3) is 0 Å². The standard InChI is InChI=1S/C17H26N2/c1-13-5-3-4-6-17(13)14(2)18-15-9-11-19(12-10-15)16-7-8-16/h3-6,14-16,18H,7-12H2,1-2H3. The molecule has 0 aromatic heterocycles. The first-order valence-corrected chi connectivity index (χ1v) is 7.79. The van der Waals surface area contributed by atoms with E-state index in [1.807, 2.05) is 0 Å². The van der Waals surface area contributed by atoms with E-state index in [0.29, 0.717) is 12.1 Å². The van der Waals surface area contributed by atoms with Crippen LogP contribution in [0, 0.1) is 6.92 Å². The third-order valence-electron chi connectivity index (χ3n) is 4.73. The van der Waals surface area contributed by atoms with Gasteiger partial charge >= 0.3 is 0 Å². The van der Waals surface area contributed by atoms with Crippen molar-refractivity contribution in [2.75, 3.05) is 13.1 Å². The highest BCUT2D eigenvalue weighted by Gasteiger charge is 2.31. The first kappa shape index (κ1) is 13.1. The predicted octanol–water partition coefficient (Wildman–Crippen LogP) is 3.27. The van der Waals surface area contributed by atoms with Crippen molar-refractivity contribution >= 4 is 0 Å². The Balaban J connectivity index is 1.52. The van der Waals surface area contributed by atoms with Gasteiger partial charge in [-0.05, 0) is 63.7 Å². The summed E-state index contributed by atoms with van der Waals surface area (Å²) in [4.78, 5) is 2.69. The molecule has 1 N–H and O–H groups in total. The highest BCUT2D eigenvalue weighted by Crippen LogP contribution is 2.29. The Kier molecular flexibility index (Phi) is 3.90. The molecule has 0 bridgehead atoms. The number of rotatable bonds is 4. The van der Waals surface area contributed by atoms with Gasteiger partial charge in [-0.25, -0.2) is 0 Å². The number of benzene rings is 1. The molecule has 1 aliphatic heterocycles. The van der Waals surface area contributed by atoms with Crippen molar-refractivity contribution in [1.29, 1.82) is 0 Å². The lowest BCUT2D eigenvalue weighted by Gasteiger charge is -2.34. The number of likely N-dealkylation sites (tertiary alicyclic amines) is 1. The summed E-state index contributed by atoms with van der Waals surface area (Å²) in [5.41, 5.74) is 2.85. The number of nitrogens with zero attached hydrogens (tertiary/aromatic N) is 1. The Bertz CT molecular complexity index is 417. The van der Waals surface area contributed by atoms with E-state index in [1.54, 1.807) is 0 Å². The van der Waals surface area contributed by atoms with Crippen LogP contribution in [-0.2, 0) is 0 Å². The van der Waals surface area contributed by atoms with Crippen LogP contribution in [0.2, 0.25) is 0 Å². The second-order valence-electron chi connectivity index (χ2n) is 6.29. The van der Waals surface area contributed by atoms with Gasteiger partial charge in [-0.1, -0.05) is 24.3 Å². The van der Waals surface area contributed by atoms with Crippen LogP contribution in [0.5, 0.6) is 0 Å². The number of aryl methyl sites for hydroxylation is 1. The third kappa shape index (κ3) is 3.18. The smallest absolute Gasteiger partial charge is 0.0296 e. The summed E-state index contributed by atoms with van der Waals surface area (Å²) in [6.45, 7) is 7.10. The van der Waals surface area contributed by atoms with Crippen molar-refractivity contribution in [2.24, 2.45) is 0 Å². The summed E-state index contributed by atoms with van der Waals surface area (Å²) in [6.07, 6.45) is 5.51. The van der Waals surface area contributed by atoms with Gasteiger partial charge < -0.3 is 10.2 Å². The molecule has 1 saturated carbocycles. The molecular weight excluding hydrogens is 232 g/mol. The largest absolute Gasteiger partial charge is 0.307 e. The molecule has 1 aromatic carbocycles. The minimum atomic E-state index is 0.471. The van der Waals surface area contributed by atoms with Gasteiger partial charge in [-0.15, -0.1) is 0 Å². The van der Waals surface area contributed by atoms with E-state index >= 15 is 0 Å². The van der Waals surface area contributed by atoms with Crippen LogP contribution in [0.1, 0.15) is 49.8 Å². The predicted molar refractivity (Wildman–Crippen MR) is 80.3 cm³/mol. The van der Waals surface area contributed by atoms with Crippen molar-refractivity contribution in [1.82, 2.24) is 10.2 Å². The fraction of sp³-hybridized carbons (Fsp3) is 0.647. The molecule has 2 aliphatic rings. The van der Waals surface area contributed by atoms with Gasteiger partial charge in [-0.2, -0.15) is 0 Å². The van der Waals surface area contributed by atoms with Gasteiger partial charge in [0, 0.05) is 18.1 Å². The van der Waals surface area contributed by atoms with Crippen molar-refractivity contribution in [3.63, 3.8) is 0 Å². The zero-order valence-corrected chi connectivity index (χ0v) is 12.2. The quantitative estimate of drug-likeness (QED) is 0.891. The first-order chi connectivity index (χ1) is 9.24. The first-order valence-electron chi connectivity index (χ1n) is 7.79. The summed E-state index contributed by atoms with van der Waals surface area (Å²) in [5.74, 6) is 0. The van der Waals surface area contributed by atoms with E-state index in [2.05, 4.69) is 48.3 Å². The Morgan fingerprint density at radius 2 is 1.79 bits per heavy atom. The summed E-state index contributed by atoms with van der Waals surface area (Å²) < 4.78 is 0. The highest BCUT2D eigenvalue weighted by molar-refractivity contribution is 5.28. The van der Waals surface area contributed by atoms with E-state index < -0.39 is 0 Å². The Hall–Kier alpha value is -0.860. The summed E-state index contributed by atoms with van der Waals surface area (Å²) in [5, 5.41) is 3.83. The SMILES string of the molecule is Cc1ccccc1C(C)NC1CCN(C2CC2)CC1. The molecule has 2 fully saturated rings. The van der Waals surface area contributed by atoms with Crippen molar-refractivity contribution in [3.8, 4) is 0 Å². The molecule has 1 aliphatic carbocycles. The normalized spacial score (nSPS) is 23.5. The van der Waals surface area contributed by atoms with E-state index in [4.69, 9.17) is 0 Å². The molecule has 0 spiro atoms. The van der Waals surface area contributed by atoms with Crippen LogP contribution in [0.3, 0.4) is 0 Å². The highest BCUT2D eigenvalue weighted by atomic mass is 15.2.